The van der Waals surface area contributed by atoms with Crippen LogP contribution in [0.15, 0.2) is 24.5 Å². The van der Waals surface area contributed by atoms with Crippen LogP contribution in [0.3, 0.4) is 0 Å². The molecule has 0 saturated carbocycles. The molecule has 0 bridgehead atoms. The Labute approximate surface area is 140 Å². The molecule has 2 aromatic carbocycles. The summed E-state index contributed by atoms with van der Waals surface area (Å²) >= 11 is 5.65. The summed E-state index contributed by atoms with van der Waals surface area (Å²) in [6.07, 6.45) is 1.19. The number of anilines is 1. The van der Waals surface area contributed by atoms with Crippen LogP contribution >= 0.6 is 11.6 Å². The van der Waals surface area contributed by atoms with Crippen LogP contribution in [0.5, 0.6) is 5.75 Å². The van der Waals surface area contributed by atoms with E-state index in [4.69, 9.17) is 22.1 Å². The third-order valence-corrected chi connectivity index (χ3v) is 3.90. The molecule has 0 aliphatic rings. The van der Waals surface area contributed by atoms with Crippen LogP contribution in [0.2, 0.25) is 5.02 Å². The zero-order chi connectivity index (χ0) is 17.4. The van der Waals surface area contributed by atoms with Crippen LogP contribution in [0, 0.1) is 23.0 Å². The summed E-state index contributed by atoms with van der Waals surface area (Å²) in [7, 11) is 1.40. The van der Waals surface area contributed by atoms with Gasteiger partial charge in [0.2, 0.25) is 0 Å². The Hall–Kier alpha value is -2.98. The number of nitriles is 1. The number of rotatable bonds is 2. The first-order valence-electron chi connectivity index (χ1n) is 6.64. The summed E-state index contributed by atoms with van der Waals surface area (Å²) in [6, 6.07) is 5.56. The maximum absolute atomic E-state index is 14.5. The molecule has 5 nitrogen and oxygen atoms in total. The number of nitrogens with zero attached hydrogens (tertiary/aromatic N) is 3. The molecule has 0 radical (unpaired) electrons. The van der Waals surface area contributed by atoms with E-state index in [1.807, 2.05) is 6.07 Å². The molecule has 3 rings (SSSR count). The smallest absolute Gasteiger partial charge is 0.152 e. The van der Waals surface area contributed by atoms with Crippen LogP contribution in [0.25, 0.3) is 22.0 Å². The monoisotopic (exact) mass is 346 g/mol. The quantitative estimate of drug-likeness (QED) is 0.715. The lowest BCUT2D eigenvalue weighted by Crippen LogP contribution is -2.01. The Bertz CT molecular complexity index is 1020. The van der Waals surface area contributed by atoms with E-state index in [2.05, 4.69) is 9.97 Å². The molecule has 0 aliphatic heterocycles. The van der Waals surface area contributed by atoms with Gasteiger partial charge in [-0.3, -0.25) is 0 Å². The van der Waals surface area contributed by atoms with Gasteiger partial charge in [0.15, 0.2) is 5.82 Å². The number of hydrogen-bond donors (Lipinski definition) is 1. The van der Waals surface area contributed by atoms with Gasteiger partial charge in [-0.15, -0.1) is 0 Å². The molecular weight excluding hydrogens is 338 g/mol. The first-order chi connectivity index (χ1) is 11.5. The lowest BCUT2D eigenvalue weighted by Gasteiger charge is -2.14. The number of halogens is 3. The van der Waals surface area contributed by atoms with Crippen molar-refractivity contribution in [2.75, 3.05) is 12.8 Å². The fraction of sp³-hybridized carbons (Fsp3) is 0.0625. The van der Waals surface area contributed by atoms with E-state index in [0.717, 1.165) is 6.07 Å². The SMILES string of the molecule is COc1cc(C#N)c(-c2ccc(F)c(Cl)c2F)c2ncnc(N)c12. The van der Waals surface area contributed by atoms with Gasteiger partial charge < -0.3 is 10.5 Å². The van der Waals surface area contributed by atoms with E-state index in [-0.39, 0.29) is 33.8 Å². The standard InChI is InChI=1S/C16H9ClF2N4O/c1-24-10-4-7(5-20)11(15-12(10)16(21)23-6-22-15)8-2-3-9(18)13(17)14(8)19/h2-4,6H,1H3,(H2,21,22,23). The predicted octanol–water partition coefficient (Wildman–Crippen LogP) is 3.69. The van der Waals surface area contributed by atoms with E-state index in [1.165, 1.54) is 25.6 Å². The molecule has 0 saturated heterocycles. The zero-order valence-corrected chi connectivity index (χ0v) is 13.0. The minimum absolute atomic E-state index is 0.0660. The van der Waals surface area contributed by atoms with Gasteiger partial charge in [0.25, 0.3) is 0 Å². The van der Waals surface area contributed by atoms with Crippen LogP contribution in [-0.4, -0.2) is 17.1 Å². The highest BCUT2D eigenvalue weighted by molar-refractivity contribution is 6.31. The Morgan fingerprint density at radius 2 is 2.04 bits per heavy atom. The molecule has 1 heterocycles. The van der Waals surface area contributed by atoms with Crippen molar-refractivity contribution in [3.63, 3.8) is 0 Å². The molecule has 0 fully saturated rings. The molecule has 8 heteroatoms. The van der Waals surface area contributed by atoms with Crippen LogP contribution in [0.1, 0.15) is 5.56 Å². The number of fused-ring (bicyclic) bond motifs is 1. The second-order valence-corrected chi connectivity index (χ2v) is 5.20. The lowest BCUT2D eigenvalue weighted by molar-refractivity contribution is 0.419. The Kier molecular flexibility index (Phi) is 3.91. The van der Waals surface area contributed by atoms with E-state index >= 15 is 0 Å². The van der Waals surface area contributed by atoms with E-state index in [1.54, 1.807) is 0 Å². The van der Waals surface area contributed by atoms with E-state index < -0.39 is 16.7 Å². The average molecular weight is 347 g/mol. The van der Waals surface area contributed by atoms with Crippen molar-refractivity contribution in [2.45, 2.75) is 0 Å². The third-order valence-electron chi connectivity index (χ3n) is 3.55. The Morgan fingerprint density at radius 3 is 2.71 bits per heavy atom. The fourth-order valence-electron chi connectivity index (χ4n) is 2.48. The van der Waals surface area contributed by atoms with Crippen molar-refractivity contribution in [2.24, 2.45) is 0 Å². The number of nitrogens with two attached hydrogens (primary N) is 1. The van der Waals surface area contributed by atoms with Gasteiger partial charge in [-0.05, 0) is 18.2 Å². The van der Waals surface area contributed by atoms with Crippen LogP contribution < -0.4 is 10.5 Å². The number of methoxy groups -OCH3 is 1. The van der Waals surface area contributed by atoms with Crippen molar-refractivity contribution < 1.29 is 13.5 Å². The third kappa shape index (κ3) is 2.28. The first-order valence-corrected chi connectivity index (χ1v) is 7.02. The summed E-state index contributed by atoms with van der Waals surface area (Å²) in [5.74, 6) is -1.51. The van der Waals surface area contributed by atoms with Gasteiger partial charge in [-0.25, -0.2) is 18.7 Å². The van der Waals surface area contributed by atoms with Crippen LogP contribution in [-0.2, 0) is 0 Å². The highest BCUT2D eigenvalue weighted by Crippen LogP contribution is 2.40. The van der Waals surface area contributed by atoms with Gasteiger partial charge in [0.1, 0.15) is 28.7 Å². The number of hydrogen-bond acceptors (Lipinski definition) is 5. The second kappa shape index (κ2) is 5.91. The van der Waals surface area contributed by atoms with Crippen molar-refractivity contribution in [1.29, 1.82) is 5.26 Å². The average Bonchev–Trinajstić information content (AvgIpc) is 2.59. The number of ether oxygens (including phenoxy) is 1. The molecular formula is C16H9ClF2N4O. The minimum Gasteiger partial charge on any atom is -0.496 e. The minimum atomic E-state index is -0.989. The van der Waals surface area contributed by atoms with Gasteiger partial charge in [0.05, 0.1) is 29.6 Å². The number of nitrogen functional groups attached to an aromatic ring is 1. The number of aromatic nitrogens is 2. The highest BCUT2D eigenvalue weighted by atomic mass is 35.5. The summed E-state index contributed by atoms with van der Waals surface area (Å²) in [6.45, 7) is 0. The maximum atomic E-state index is 14.5. The molecule has 2 N–H and O–H groups in total. The normalized spacial score (nSPS) is 10.6. The van der Waals surface area contributed by atoms with Crippen molar-refractivity contribution in [3.05, 3.63) is 46.7 Å². The van der Waals surface area contributed by atoms with Crippen molar-refractivity contribution >= 4 is 28.3 Å². The van der Waals surface area contributed by atoms with Gasteiger partial charge in [-0.2, -0.15) is 5.26 Å². The molecule has 0 unspecified atom stereocenters. The summed E-state index contributed by atoms with van der Waals surface area (Å²) in [5, 5.41) is 9.10. The lowest BCUT2D eigenvalue weighted by atomic mass is 9.95. The van der Waals surface area contributed by atoms with E-state index in [0.29, 0.717) is 5.39 Å². The Morgan fingerprint density at radius 1 is 1.29 bits per heavy atom. The largest absolute Gasteiger partial charge is 0.496 e. The Balaban J connectivity index is 2.52. The molecule has 0 spiro atoms. The highest BCUT2D eigenvalue weighted by Gasteiger charge is 2.22. The summed E-state index contributed by atoms with van der Waals surface area (Å²) in [4.78, 5) is 7.99. The molecule has 24 heavy (non-hydrogen) atoms. The predicted molar refractivity (Wildman–Crippen MR) is 85.6 cm³/mol. The van der Waals surface area contributed by atoms with E-state index in [9.17, 15) is 14.0 Å². The van der Waals surface area contributed by atoms with Crippen LogP contribution in [0.4, 0.5) is 14.6 Å². The van der Waals surface area contributed by atoms with Gasteiger partial charge >= 0.3 is 0 Å². The molecule has 0 atom stereocenters. The second-order valence-electron chi connectivity index (χ2n) is 4.82. The maximum Gasteiger partial charge on any atom is 0.152 e. The summed E-state index contributed by atoms with van der Waals surface area (Å²) in [5.41, 5.74) is 6.23. The molecule has 0 aliphatic carbocycles. The molecule has 3 aromatic rings. The van der Waals surface area contributed by atoms with Crippen molar-refractivity contribution in [3.8, 4) is 22.9 Å². The molecule has 1 aromatic heterocycles. The van der Waals surface area contributed by atoms with Gasteiger partial charge in [-0.1, -0.05) is 11.6 Å². The zero-order valence-electron chi connectivity index (χ0n) is 12.3. The summed E-state index contributed by atoms with van der Waals surface area (Å²) < 4.78 is 33.2. The first kappa shape index (κ1) is 15.9. The fourth-order valence-corrected chi connectivity index (χ4v) is 2.64. The molecule has 0 amide bonds. The van der Waals surface area contributed by atoms with Crippen molar-refractivity contribution in [1.82, 2.24) is 9.97 Å². The van der Waals surface area contributed by atoms with Gasteiger partial charge in [0, 0.05) is 11.1 Å². The number of benzene rings is 2. The molecule has 120 valence electrons. The topological polar surface area (TPSA) is 84.8 Å².